The van der Waals surface area contributed by atoms with Gasteiger partial charge in [0.25, 0.3) is 0 Å². The third-order valence-corrected chi connectivity index (χ3v) is 2.81. The molecule has 0 fully saturated rings. The van der Waals surface area contributed by atoms with Crippen LogP contribution in [0.5, 0.6) is 0 Å². The van der Waals surface area contributed by atoms with Crippen LogP contribution in [0.1, 0.15) is 0 Å². The molecule has 0 saturated carbocycles. The van der Waals surface area contributed by atoms with Crippen molar-refractivity contribution in [2.75, 3.05) is 6.26 Å². The Morgan fingerprint density at radius 2 is 1.79 bits per heavy atom. The molecule has 1 nitrogen and oxygen atoms in total. The molecule has 0 N–H and O–H groups in total. The highest BCUT2D eigenvalue weighted by Gasteiger charge is 1.97. The Kier molecular flexibility index (Phi) is 2.84. The molecule has 0 amide bonds. The van der Waals surface area contributed by atoms with Crippen molar-refractivity contribution in [2.24, 2.45) is 0 Å². The largest absolute Gasteiger partial charge is 0.265 e. The van der Waals surface area contributed by atoms with Crippen LogP contribution in [-0.4, -0.2) is 11.2 Å². The standard InChI is InChI=1S/C12H11NS/c1-14-12-4-2-3-11(9-12)10-5-7-13-8-6-10/h2-9H,1H3. The van der Waals surface area contributed by atoms with Crippen molar-refractivity contribution in [2.45, 2.75) is 4.90 Å². The third-order valence-electron chi connectivity index (χ3n) is 2.08. The molecule has 1 heterocycles. The van der Waals surface area contributed by atoms with Gasteiger partial charge in [0.05, 0.1) is 0 Å². The predicted molar refractivity (Wildman–Crippen MR) is 61.5 cm³/mol. The van der Waals surface area contributed by atoms with E-state index in [-0.39, 0.29) is 0 Å². The number of hydrogen-bond acceptors (Lipinski definition) is 2. The zero-order valence-electron chi connectivity index (χ0n) is 7.97. The molecular formula is C12H11NS. The molecule has 2 rings (SSSR count). The van der Waals surface area contributed by atoms with E-state index in [9.17, 15) is 0 Å². The Morgan fingerprint density at radius 1 is 1.00 bits per heavy atom. The number of benzene rings is 1. The van der Waals surface area contributed by atoms with E-state index in [4.69, 9.17) is 0 Å². The van der Waals surface area contributed by atoms with E-state index in [2.05, 4.69) is 35.5 Å². The summed E-state index contributed by atoms with van der Waals surface area (Å²) in [4.78, 5) is 5.30. The van der Waals surface area contributed by atoms with E-state index in [1.807, 2.05) is 24.5 Å². The molecule has 1 aromatic heterocycles. The summed E-state index contributed by atoms with van der Waals surface area (Å²) in [5, 5.41) is 0. The first-order chi connectivity index (χ1) is 6.90. The quantitative estimate of drug-likeness (QED) is 0.690. The number of hydrogen-bond donors (Lipinski definition) is 0. The van der Waals surface area contributed by atoms with Gasteiger partial charge < -0.3 is 0 Å². The summed E-state index contributed by atoms with van der Waals surface area (Å²) >= 11 is 1.76. The first-order valence-electron chi connectivity index (χ1n) is 4.44. The van der Waals surface area contributed by atoms with Crippen molar-refractivity contribution in [3.8, 4) is 11.1 Å². The molecule has 0 aliphatic rings. The SMILES string of the molecule is CSc1cccc(-c2ccncc2)c1. The Balaban J connectivity index is 2.42. The smallest absolute Gasteiger partial charge is 0.0273 e. The lowest BCUT2D eigenvalue weighted by Gasteiger charge is -2.02. The molecule has 2 aromatic rings. The molecule has 0 saturated heterocycles. The van der Waals surface area contributed by atoms with Crippen LogP contribution >= 0.6 is 11.8 Å². The fourth-order valence-electron chi connectivity index (χ4n) is 1.35. The van der Waals surface area contributed by atoms with Gasteiger partial charge in [-0.1, -0.05) is 12.1 Å². The summed E-state index contributed by atoms with van der Waals surface area (Å²) in [6.07, 6.45) is 5.73. The van der Waals surface area contributed by atoms with Gasteiger partial charge in [-0.05, 0) is 41.6 Å². The normalized spacial score (nSPS) is 10.1. The molecule has 70 valence electrons. The summed E-state index contributed by atoms with van der Waals surface area (Å²) in [6.45, 7) is 0. The van der Waals surface area contributed by atoms with Crippen molar-refractivity contribution in [1.82, 2.24) is 4.98 Å². The molecule has 1 aromatic carbocycles. The minimum absolute atomic E-state index is 1.22. The van der Waals surface area contributed by atoms with Gasteiger partial charge in [0.2, 0.25) is 0 Å². The minimum atomic E-state index is 1.22. The van der Waals surface area contributed by atoms with Crippen molar-refractivity contribution < 1.29 is 0 Å². The summed E-state index contributed by atoms with van der Waals surface area (Å²) in [6, 6.07) is 12.6. The van der Waals surface area contributed by atoms with Crippen molar-refractivity contribution >= 4 is 11.8 Å². The van der Waals surface area contributed by atoms with Crippen LogP contribution in [0.25, 0.3) is 11.1 Å². The predicted octanol–water partition coefficient (Wildman–Crippen LogP) is 3.47. The maximum atomic E-state index is 4.01. The number of thioether (sulfide) groups is 1. The summed E-state index contributed by atoms with van der Waals surface area (Å²) in [5.41, 5.74) is 2.47. The molecular weight excluding hydrogens is 190 g/mol. The van der Waals surface area contributed by atoms with Gasteiger partial charge in [0.1, 0.15) is 0 Å². The maximum Gasteiger partial charge on any atom is 0.0273 e. The molecule has 0 aliphatic heterocycles. The van der Waals surface area contributed by atoms with Crippen LogP contribution in [-0.2, 0) is 0 Å². The van der Waals surface area contributed by atoms with Crippen molar-refractivity contribution in [1.29, 1.82) is 0 Å². The first-order valence-corrected chi connectivity index (χ1v) is 5.67. The zero-order chi connectivity index (χ0) is 9.80. The topological polar surface area (TPSA) is 12.9 Å². The second kappa shape index (κ2) is 4.29. The van der Waals surface area contributed by atoms with Crippen molar-refractivity contribution in [3.05, 3.63) is 48.8 Å². The maximum absolute atomic E-state index is 4.01. The van der Waals surface area contributed by atoms with Gasteiger partial charge in [-0.15, -0.1) is 11.8 Å². The van der Waals surface area contributed by atoms with Crippen LogP contribution in [0.15, 0.2) is 53.7 Å². The average Bonchev–Trinajstić information content (AvgIpc) is 2.30. The number of aromatic nitrogens is 1. The molecule has 0 aliphatic carbocycles. The van der Waals surface area contributed by atoms with E-state index in [1.165, 1.54) is 16.0 Å². The monoisotopic (exact) mass is 201 g/mol. The molecule has 14 heavy (non-hydrogen) atoms. The Labute approximate surface area is 88.2 Å². The summed E-state index contributed by atoms with van der Waals surface area (Å²) in [5.74, 6) is 0. The molecule has 0 radical (unpaired) electrons. The summed E-state index contributed by atoms with van der Waals surface area (Å²) < 4.78 is 0. The molecule has 0 atom stereocenters. The first kappa shape index (κ1) is 9.28. The molecule has 0 bridgehead atoms. The number of pyridine rings is 1. The van der Waals surface area contributed by atoms with Crippen LogP contribution < -0.4 is 0 Å². The van der Waals surface area contributed by atoms with E-state index in [1.54, 1.807) is 11.8 Å². The lowest BCUT2D eigenvalue weighted by molar-refractivity contribution is 1.33. The number of nitrogens with zero attached hydrogens (tertiary/aromatic N) is 1. The second-order valence-corrected chi connectivity index (χ2v) is 3.85. The Morgan fingerprint density at radius 3 is 2.50 bits per heavy atom. The molecule has 2 heteroatoms. The second-order valence-electron chi connectivity index (χ2n) is 2.97. The molecule has 0 unspecified atom stereocenters. The third kappa shape index (κ3) is 1.96. The fourth-order valence-corrected chi connectivity index (χ4v) is 1.81. The zero-order valence-corrected chi connectivity index (χ0v) is 8.79. The molecule has 0 spiro atoms. The fraction of sp³-hybridized carbons (Fsp3) is 0.0833. The highest BCUT2D eigenvalue weighted by Crippen LogP contribution is 2.23. The van der Waals surface area contributed by atoms with Gasteiger partial charge in [-0.25, -0.2) is 0 Å². The Hall–Kier alpha value is -1.28. The average molecular weight is 201 g/mol. The van der Waals surface area contributed by atoms with E-state index >= 15 is 0 Å². The van der Waals surface area contributed by atoms with Crippen LogP contribution in [0.2, 0.25) is 0 Å². The minimum Gasteiger partial charge on any atom is -0.265 e. The lowest BCUT2D eigenvalue weighted by atomic mass is 10.1. The van der Waals surface area contributed by atoms with E-state index in [0.29, 0.717) is 0 Å². The van der Waals surface area contributed by atoms with E-state index in [0.717, 1.165) is 0 Å². The highest BCUT2D eigenvalue weighted by atomic mass is 32.2. The van der Waals surface area contributed by atoms with Gasteiger partial charge in [0.15, 0.2) is 0 Å². The van der Waals surface area contributed by atoms with Gasteiger partial charge in [-0.3, -0.25) is 4.98 Å². The van der Waals surface area contributed by atoms with Gasteiger partial charge in [-0.2, -0.15) is 0 Å². The van der Waals surface area contributed by atoms with Crippen LogP contribution in [0.4, 0.5) is 0 Å². The van der Waals surface area contributed by atoms with Crippen LogP contribution in [0, 0.1) is 0 Å². The van der Waals surface area contributed by atoms with Crippen molar-refractivity contribution in [3.63, 3.8) is 0 Å². The lowest BCUT2D eigenvalue weighted by Crippen LogP contribution is -1.78. The van der Waals surface area contributed by atoms with Gasteiger partial charge in [0, 0.05) is 17.3 Å². The highest BCUT2D eigenvalue weighted by molar-refractivity contribution is 7.98. The Bertz CT molecular complexity index is 412. The van der Waals surface area contributed by atoms with Crippen LogP contribution in [0.3, 0.4) is 0 Å². The van der Waals surface area contributed by atoms with Gasteiger partial charge >= 0.3 is 0 Å². The number of rotatable bonds is 2. The summed E-state index contributed by atoms with van der Waals surface area (Å²) in [7, 11) is 0. The van der Waals surface area contributed by atoms with E-state index < -0.39 is 0 Å².